The van der Waals surface area contributed by atoms with Crippen molar-refractivity contribution in [2.24, 2.45) is 0 Å². The first-order chi connectivity index (χ1) is 8.56. The number of rotatable bonds is 1. The van der Waals surface area contributed by atoms with Crippen LogP contribution < -0.4 is 0 Å². The number of hydrogen-bond donors (Lipinski definition) is 0. The third kappa shape index (κ3) is 4.33. The van der Waals surface area contributed by atoms with Gasteiger partial charge in [-0.15, -0.1) is 0 Å². The van der Waals surface area contributed by atoms with Crippen LogP contribution in [0.2, 0.25) is 0 Å². The standard InChI is InChI=1S/C12H19F2NO4/c1-11(2,3)19-10(17)15-7-12(13,14)6-5-8(15)9(16)18-4/h8H,5-7H2,1-4H3. The molecule has 1 aliphatic rings. The van der Waals surface area contributed by atoms with Crippen LogP contribution in [0, 0.1) is 0 Å². The highest BCUT2D eigenvalue weighted by Gasteiger charge is 2.46. The van der Waals surface area contributed by atoms with E-state index in [-0.39, 0.29) is 6.42 Å². The van der Waals surface area contributed by atoms with Crippen LogP contribution in [-0.4, -0.2) is 48.2 Å². The molecule has 19 heavy (non-hydrogen) atoms. The number of piperidine rings is 1. The summed E-state index contributed by atoms with van der Waals surface area (Å²) in [7, 11) is 1.16. The van der Waals surface area contributed by atoms with Crippen molar-refractivity contribution < 1.29 is 27.8 Å². The summed E-state index contributed by atoms with van der Waals surface area (Å²) in [5.41, 5.74) is -0.815. The Labute approximate surface area is 110 Å². The fourth-order valence-corrected chi connectivity index (χ4v) is 1.84. The highest BCUT2D eigenvalue weighted by Crippen LogP contribution is 2.31. The first-order valence-electron chi connectivity index (χ1n) is 6.01. The van der Waals surface area contributed by atoms with Crippen LogP contribution in [0.5, 0.6) is 0 Å². The summed E-state index contributed by atoms with van der Waals surface area (Å²) < 4.78 is 36.4. The van der Waals surface area contributed by atoms with E-state index in [1.54, 1.807) is 20.8 Å². The lowest BCUT2D eigenvalue weighted by atomic mass is 10.00. The molecule has 0 N–H and O–H groups in total. The maximum atomic E-state index is 13.4. The Kier molecular flexibility index (Phi) is 4.37. The molecule has 1 aliphatic heterocycles. The molecule has 1 amide bonds. The summed E-state index contributed by atoms with van der Waals surface area (Å²) in [6, 6.07) is -1.01. The van der Waals surface area contributed by atoms with Gasteiger partial charge >= 0.3 is 12.1 Å². The van der Waals surface area contributed by atoms with Gasteiger partial charge in [0, 0.05) is 6.42 Å². The van der Waals surface area contributed by atoms with Gasteiger partial charge in [-0.05, 0) is 27.2 Å². The number of methoxy groups -OCH3 is 1. The maximum absolute atomic E-state index is 13.4. The van der Waals surface area contributed by atoms with Gasteiger partial charge in [-0.1, -0.05) is 0 Å². The van der Waals surface area contributed by atoms with E-state index >= 15 is 0 Å². The average molecular weight is 279 g/mol. The van der Waals surface area contributed by atoms with Crippen molar-refractivity contribution in [3.63, 3.8) is 0 Å². The molecule has 1 fully saturated rings. The number of nitrogens with zero attached hydrogens (tertiary/aromatic N) is 1. The molecule has 0 aromatic carbocycles. The monoisotopic (exact) mass is 279 g/mol. The Balaban J connectivity index is 2.88. The van der Waals surface area contributed by atoms with Crippen LogP contribution in [0.25, 0.3) is 0 Å². The van der Waals surface area contributed by atoms with E-state index in [0.29, 0.717) is 0 Å². The fourth-order valence-electron chi connectivity index (χ4n) is 1.84. The van der Waals surface area contributed by atoms with E-state index in [1.165, 1.54) is 0 Å². The molecule has 0 saturated carbocycles. The van der Waals surface area contributed by atoms with Crippen LogP contribution in [0.1, 0.15) is 33.6 Å². The van der Waals surface area contributed by atoms with Crippen molar-refractivity contribution >= 4 is 12.1 Å². The van der Waals surface area contributed by atoms with Gasteiger partial charge in [0.05, 0.1) is 13.7 Å². The molecule has 1 unspecified atom stereocenters. The molecule has 0 spiro atoms. The second kappa shape index (κ2) is 5.30. The lowest BCUT2D eigenvalue weighted by molar-refractivity contribution is -0.154. The number of carbonyl (C=O) groups excluding carboxylic acids is 2. The molecule has 0 aromatic heterocycles. The van der Waals surface area contributed by atoms with Crippen LogP contribution in [0.15, 0.2) is 0 Å². The molecule has 110 valence electrons. The highest BCUT2D eigenvalue weighted by molar-refractivity contribution is 5.81. The molecule has 0 bridgehead atoms. The predicted molar refractivity (Wildman–Crippen MR) is 62.9 cm³/mol. The van der Waals surface area contributed by atoms with Crippen molar-refractivity contribution in [2.45, 2.75) is 51.2 Å². The summed E-state index contributed by atoms with van der Waals surface area (Å²) in [4.78, 5) is 24.2. The van der Waals surface area contributed by atoms with Gasteiger partial charge in [0.25, 0.3) is 5.92 Å². The minimum atomic E-state index is -3.01. The number of amides is 1. The van der Waals surface area contributed by atoms with E-state index in [0.717, 1.165) is 12.0 Å². The van der Waals surface area contributed by atoms with Crippen LogP contribution in [0.4, 0.5) is 13.6 Å². The Morgan fingerprint density at radius 1 is 1.32 bits per heavy atom. The lowest BCUT2D eigenvalue weighted by Gasteiger charge is -2.38. The number of hydrogen-bond acceptors (Lipinski definition) is 4. The molecular weight excluding hydrogens is 260 g/mol. The van der Waals surface area contributed by atoms with Gasteiger partial charge < -0.3 is 9.47 Å². The molecule has 1 atom stereocenters. The van der Waals surface area contributed by atoms with Gasteiger partial charge in [-0.25, -0.2) is 18.4 Å². The highest BCUT2D eigenvalue weighted by atomic mass is 19.3. The van der Waals surface area contributed by atoms with Gasteiger partial charge in [0.15, 0.2) is 0 Å². The molecule has 1 saturated heterocycles. The number of alkyl halides is 2. The third-order valence-electron chi connectivity index (χ3n) is 2.66. The number of esters is 1. The zero-order valence-corrected chi connectivity index (χ0v) is 11.5. The molecule has 0 aliphatic carbocycles. The zero-order valence-electron chi connectivity index (χ0n) is 11.5. The molecular formula is C12H19F2NO4. The van der Waals surface area contributed by atoms with Crippen LogP contribution in [-0.2, 0) is 14.3 Å². The molecule has 0 radical (unpaired) electrons. The van der Waals surface area contributed by atoms with Crippen LogP contribution in [0.3, 0.4) is 0 Å². The summed E-state index contributed by atoms with van der Waals surface area (Å²) in [6.45, 7) is 4.04. The van der Waals surface area contributed by atoms with Crippen molar-refractivity contribution in [1.82, 2.24) is 4.90 Å². The van der Waals surface area contributed by atoms with Crippen molar-refractivity contribution in [3.05, 3.63) is 0 Å². The summed E-state index contributed by atoms with van der Waals surface area (Å²) in [5, 5.41) is 0. The molecule has 5 nitrogen and oxygen atoms in total. The topological polar surface area (TPSA) is 55.8 Å². The smallest absolute Gasteiger partial charge is 0.411 e. The normalized spacial score (nSPS) is 22.8. The Morgan fingerprint density at radius 3 is 2.37 bits per heavy atom. The SMILES string of the molecule is COC(=O)C1CCC(F)(F)CN1C(=O)OC(C)(C)C. The number of likely N-dealkylation sites (tertiary alicyclic amines) is 1. The van der Waals surface area contributed by atoms with Gasteiger partial charge in [0.1, 0.15) is 11.6 Å². The molecule has 0 aromatic rings. The summed E-state index contributed by atoms with van der Waals surface area (Å²) in [6.07, 6.45) is -1.52. The predicted octanol–water partition coefficient (Wildman–Crippen LogP) is 2.19. The van der Waals surface area contributed by atoms with Gasteiger partial charge in [0.2, 0.25) is 0 Å². The van der Waals surface area contributed by atoms with E-state index in [2.05, 4.69) is 4.74 Å². The lowest BCUT2D eigenvalue weighted by Crippen LogP contribution is -2.55. The third-order valence-corrected chi connectivity index (χ3v) is 2.66. The molecule has 1 rings (SSSR count). The largest absolute Gasteiger partial charge is 0.467 e. The molecule has 7 heteroatoms. The van der Waals surface area contributed by atoms with Gasteiger partial charge in [-0.2, -0.15) is 0 Å². The number of halogens is 2. The minimum Gasteiger partial charge on any atom is -0.467 e. The van der Waals surface area contributed by atoms with Crippen LogP contribution >= 0.6 is 0 Å². The van der Waals surface area contributed by atoms with Gasteiger partial charge in [-0.3, -0.25) is 4.90 Å². The zero-order chi connectivity index (χ0) is 14.8. The van der Waals surface area contributed by atoms with E-state index < -0.39 is 42.6 Å². The molecule has 1 heterocycles. The Hall–Kier alpha value is -1.40. The van der Waals surface area contributed by atoms with Crippen molar-refractivity contribution in [3.8, 4) is 0 Å². The fraction of sp³-hybridized carbons (Fsp3) is 0.833. The number of carbonyl (C=O) groups is 2. The Morgan fingerprint density at radius 2 is 1.89 bits per heavy atom. The maximum Gasteiger partial charge on any atom is 0.411 e. The van der Waals surface area contributed by atoms with E-state index in [1.807, 2.05) is 0 Å². The Bertz CT molecular complexity index is 365. The van der Waals surface area contributed by atoms with E-state index in [4.69, 9.17) is 4.74 Å². The van der Waals surface area contributed by atoms with Crippen molar-refractivity contribution in [1.29, 1.82) is 0 Å². The summed E-state index contributed by atoms with van der Waals surface area (Å²) in [5.74, 6) is -3.72. The number of ether oxygens (including phenoxy) is 2. The first-order valence-corrected chi connectivity index (χ1v) is 6.01. The second-order valence-electron chi connectivity index (χ2n) is 5.54. The minimum absolute atomic E-state index is 0.140. The summed E-state index contributed by atoms with van der Waals surface area (Å²) >= 11 is 0. The van der Waals surface area contributed by atoms with E-state index in [9.17, 15) is 18.4 Å². The quantitative estimate of drug-likeness (QED) is 0.690. The average Bonchev–Trinajstić information content (AvgIpc) is 2.24. The second-order valence-corrected chi connectivity index (χ2v) is 5.54. The van der Waals surface area contributed by atoms with Crippen molar-refractivity contribution in [2.75, 3.05) is 13.7 Å². The first kappa shape index (κ1) is 15.7.